The lowest BCUT2D eigenvalue weighted by Crippen LogP contribution is -2.29. The summed E-state index contributed by atoms with van der Waals surface area (Å²) in [5.74, 6) is -1.17. The van der Waals surface area contributed by atoms with Gasteiger partial charge in [0.25, 0.3) is 5.91 Å². The number of hydrogen-bond acceptors (Lipinski definition) is 4. The quantitative estimate of drug-likeness (QED) is 0.720. The summed E-state index contributed by atoms with van der Waals surface area (Å²) >= 11 is 0. The van der Waals surface area contributed by atoms with Crippen LogP contribution in [0.25, 0.3) is 0 Å². The first-order valence-electron chi connectivity index (χ1n) is 8.30. The average molecular weight is 355 g/mol. The van der Waals surface area contributed by atoms with Gasteiger partial charge >= 0.3 is 5.97 Å². The van der Waals surface area contributed by atoms with E-state index in [9.17, 15) is 14.4 Å². The third kappa shape index (κ3) is 6.05. The van der Waals surface area contributed by atoms with E-state index >= 15 is 0 Å². The van der Waals surface area contributed by atoms with Crippen LogP contribution in [0.3, 0.4) is 0 Å². The first-order valence-corrected chi connectivity index (χ1v) is 8.30. The highest BCUT2D eigenvalue weighted by Gasteiger charge is 2.08. The number of amides is 1. The molecule has 0 unspecified atom stereocenters. The molecule has 0 radical (unpaired) electrons. The fourth-order valence-electron chi connectivity index (χ4n) is 2.30. The predicted molar refractivity (Wildman–Crippen MR) is 96.4 cm³/mol. The Labute approximate surface area is 151 Å². The number of carboxylic acids is 1. The molecule has 0 aliphatic rings. The number of carbonyl (C=O) groups is 3. The highest BCUT2D eigenvalue weighted by Crippen LogP contribution is 2.13. The number of benzene rings is 2. The molecule has 0 atom stereocenters. The van der Waals surface area contributed by atoms with Crippen LogP contribution >= 0.6 is 0 Å². The van der Waals surface area contributed by atoms with Crippen LogP contribution in [-0.2, 0) is 22.4 Å². The molecule has 0 bridgehead atoms. The van der Waals surface area contributed by atoms with Gasteiger partial charge in [0.1, 0.15) is 18.9 Å². The van der Waals surface area contributed by atoms with Crippen molar-refractivity contribution in [2.45, 2.75) is 19.8 Å². The number of rotatable bonds is 9. The fourth-order valence-corrected chi connectivity index (χ4v) is 2.30. The van der Waals surface area contributed by atoms with Crippen LogP contribution in [0.15, 0.2) is 48.5 Å². The lowest BCUT2D eigenvalue weighted by Gasteiger charge is -2.07. The standard InChI is InChI=1S/C20H21NO5/c1-2-14-3-5-15(6-4-14)11-17(22)13-26-18-9-7-16(8-10-18)20(25)21-12-19(23)24/h3-10H,2,11-13H2,1H3,(H,21,25)(H,23,24). The maximum Gasteiger partial charge on any atom is 0.322 e. The van der Waals surface area contributed by atoms with E-state index < -0.39 is 18.4 Å². The number of carboxylic acid groups (broad SMARTS) is 1. The molecule has 2 aromatic carbocycles. The smallest absolute Gasteiger partial charge is 0.322 e. The third-order valence-electron chi connectivity index (χ3n) is 3.75. The second-order valence-corrected chi connectivity index (χ2v) is 5.77. The van der Waals surface area contributed by atoms with Gasteiger partial charge in [0.05, 0.1) is 0 Å². The number of ketones is 1. The molecule has 2 rings (SSSR count). The zero-order valence-corrected chi connectivity index (χ0v) is 14.5. The van der Waals surface area contributed by atoms with Gasteiger partial charge in [-0.15, -0.1) is 0 Å². The fraction of sp³-hybridized carbons (Fsp3) is 0.250. The average Bonchev–Trinajstić information content (AvgIpc) is 2.65. The van der Waals surface area contributed by atoms with E-state index in [0.29, 0.717) is 17.7 Å². The lowest BCUT2D eigenvalue weighted by atomic mass is 10.1. The molecule has 0 aliphatic heterocycles. The van der Waals surface area contributed by atoms with Crippen molar-refractivity contribution >= 4 is 17.7 Å². The minimum Gasteiger partial charge on any atom is -0.486 e. The number of aryl methyl sites for hydroxylation is 1. The third-order valence-corrected chi connectivity index (χ3v) is 3.75. The minimum atomic E-state index is -1.11. The van der Waals surface area contributed by atoms with Gasteiger partial charge in [0, 0.05) is 12.0 Å². The number of nitrogens with one attached hydrogen (secondary N) is 1. The molecule has 136 valence electrons. The molecule has 0 fully saturated rings. The van der Waals surface area contributed by atoms with E-state index in [2.05, 4.69) is 12.2 Å². The van der Waals surface area contributed by atoms with E-state index in [4.69, 9.17) is 9.84 Å². The maximum atomic E-state index is 12.0. The van der Waals surface area contributed by atoms with Crippen LogP contribution in [0.2, 0.25) is 0 Å². The van der Waals surface area contributed by atoms with Crippen molar-refractivity contribution in [2.75, 3.05) is 13.2 Å². The topological polar surface area (TPSA) is 92.7 Å². The molecular weight excluding hydrogens is 334 g/mol. The molecule has 6 heteroatoms. The number of aliphatic carboxylic acids is 1. The maximum absolute atomic E-state index is 12.0. The van der Waals surface area contributed by atoms with E-state index in [0.717, 1.165) is 12.0 Å². The Morgan fingerprint density at radius 3 is 2.15 bits per heavy atom. The minimum absolute atomic E-state index is 0.0440. The van der Waals surface area contributed by atoms with E-state index in [1.54, 1.807) is 12.1 Å². The van der Waals surface area contributed by atoms with Crippen LogP contribution < -0.4 is 10.1 Å². The Bertz CT molecular complexity index is 766. The number of ether oxygens (including phenoxy) is 1. The normalized spacial score (nSPS) is 10.2. The summed E-state index contributed by atoms with van der Waals surface area (Å²) in [6.45, 7) is 1.58. The SMILES string of the molecule is CCc1ccc(CC(=O)COc2ccc(C(=O)NCC(=O)O)cc2)cc1. The Morgan fingerprint density at radius 2 is 1.58 bits per heavy atom. The van der Waals surface area contributed by atoms with Gasteiger partial charge < -0.3 is 15.2 Å². The molecule has 2 N–H and O–H groups in total. The second-order valence-electron chi connectivity index (χ2n) is 5.77. The molecule has 6 nitrogen and oxygen atoms in total. The van der Waals surface area contributed by atoms with Crippen LogP contribution in [0.5, 0.6) is 5.75 Å². The Hall–Kier alpha value is -3.15. The van der Waals surface area contributed by atoms with Crippen molar-refractivity contribution in [1.82, 2.24) is 5.32 Å². The van der Waals surface area contributed by atoms with Gasteiger partial charge in [0.15, 0.2) is 5.78 Å². The molecule has 0 aromatic heterocycles. The van der Waals surface area contributed by atoms with Crippen LogP contribution in [-0.4, -0.2) is 35.9 Å². The number of hydrogen-bond donors (Lipinski definition) is 2. The summed E-state index contributed by atoms with van der Waals surface area (Å²) in [5.41, 5.74) is 2.49. The van der Waals surface area contributed by atoms with Gasteiger partial charge in [-0.05, 0) is 41.8 Å². The van der Waals surface area contributed by atoms with Crippen LogP contribution in [0.4, 0.5) is 0 Å². The van der Waals surface area contributed by atoms with Crippen molar-refractivity contribution in [3.05, 3.63) is 65.2 Å². The zero-order valence-electron chi connectivity index (χ0n) is 14.5. The monoisotopic (exact) mass is 355 g/mol. The zero-order chi connectivity index (χ0) is 18.9. The molecule has 0 heterocycles. The van der Waals surface area contributed by atoms with Crippen molar-refractivity contribution < 1.29 is 24.2 Å². The van der Waals surface area contributed by atoms with E-state index in [1.807, 2.05) is 24.3 Å². The largest absolute Gasteiger partial charge is 0.486 e. The number of Topliss-reactive ketones (excluding diaryl/α,β-unsaturated/α-hetero) is 1. The molecule has 0 saturated carbocycles. The predicted octanol–water partition coefficient (Wildman–Crippen LogP) is 2.25. The first kappa shape index (κ1) is 19.2. The molecule has 2 aromatic rings. The van der Waals surface area contributed by atoms with Gasteiger partial charge in [-0.2, -0.15) is 0 Å². The van der Waals surface area contributed by atoms with Crippen molar-refractivity contribution in [2.24, 2.45) is 0 Å². The van der Waals surface area contributed by atoms with Crippen molar-refractivity contribution in [1.29, 1.82) is 0 Å². The Morgan fingerprint density at radius 1 is 0.962 bits per heavy atom. The van der Waals surface area contributed by atoms with E-state index in [-0.39, 0.29) is 12.4 Å². The number of carbonyl (C=O) groups excluding carboxylic acids is 2. The highest BCUT2D eigenvalue weighted by atomic mass is 16.5. The lowest BCUT2D eigenvalue weighted by molar-refractivity contribution is -0.135. The van der Waals surface area contributed by atoms with Gasteiger partial charge in [-0.3, -0.25) is 14.4 Å². The van der Waals surface area contributed by atoms with Gasteiger partial charge in [-0.25, -0.2) is 0 Å². The molecule has 26 heavy (non-hydrogen) atoms. The summed E-state index contributed by atoms with van der Waals surface area (Å²) in [6, 6.07) is 14.1. The highest BCUT2D eigenvalue weighted by molar-refractivity contribution is 5.95. The summed E-state index contributed by atoms with van der Waals surface area (Å²) < 4.78 is 5.44. The van der Waals surface area contributed by atoms with Crippen molar-refractivity contribution in [3.8, 4) is 5.75 Å². The van der Waals surface area contributed by atoms with Crippen LogP contribution in [0.1, 0.15) is 28.4 Å². The van der Waals surface area contributed by atoms with Crippen LogP contribution in [0, 0.1) is 0 Å². The summed E-state index contributed by atoms with van der Waals surface area (Å²) in [4.78, 5) is 34.2. The molecule has 0 saturated heterocycles. The molecule has 0 aliphatic carbocycles. The van der Waals surface area contributed by atoms with E-state index in [1.165, 1.54) is 17.7 Å². The van der Waals surface area contributed by atoms with Gasteiger partial charge in [0.2, 0.25) is 0 Å². The summed E-state index contributed by atoms with van der Waals surface area (Å²) in [7, 11) is 0. The van der Waals surface area contributed by atoms with Crippen molar-refractivity contribution in [3.63, 3.8) is 0 Å². The first-order chi connectivity index (χ1) is 12.5. The molecule has 1 amide bonds. The second kappa shape index (κ2) is 9.36. The van der Waals surface area contributed by atoms with Gasteiger partial charge in [-0.1, -0.05) is 31.2 Å². The molecular formula is C20H21NO5. The Balaban J connectivity index is 1.82. The Kier molecular flexibility index (Phi) is 6.91. The summed E-state index contributed by atoms with van der Waals surface area (Å²) in [6.07, 6.45) is 1.27. The molecule has 0 spiro atoms. The summed E-state index contributed by atoms with van der Waals surface area (Å²) in [5, 5.41) is 10.8.